The first kappa shape index (κ1) is 15.5. The van der Waals surface area contributed by atoms with Crippen molar-refractivity contribution in [2.75, 3.05) is 20.3 Å². The minimum atomic E-state index is -2.27. The molecule has 0 aromatic heterocycles. The summed E-state index contributed by atoms with van der Waals surface area (Å²) in [5.41, 5.74) is 0. The molecule has 16 heavy (non-hydrogen) atoms. The third kappa shape index (κ3) is 5.55. The molecule has 0 saturated carbocycles. The van der Waals surface area contributed by atoms with Crippen molar-refractivity contribution in [1.29, 1.82) is 0 Å². The topological polar surface area (TPSA) is 55.8 Å². The zero-order valence-electron chi connectivity index (χ0n) is 10.4. The van der Waals surface area contributed by atoms with Crippen molar-refractivity contribution in [3.63, 3.8) is 0 Å². The van der Waals surface area contributed by atoms with Gasteiger partial charge in [0.15, 0.2) is 5.78 Å². The van der Waals surface area contributed by atoms with E-state index in [1.807, 2.05) is 6.92 Å². The van der Waals surface area contributed by atoms with E-state index in [0.29, 0.717) is 6.42 Å². The van der Waals surface area contributed by atoms with Crippen LogP contribution < -0.4 is 0 Å². The lowest BCUT2D eigenvalue weighted by Crippen LogP contribution is -2.41. The molecule has 1 N–H and O–H groups in total. The fourth-order valence-electron chi connectivity index (χ4n) is 1.44. The SMILES string of the molecule is CC=CC(=O)CO[Si](CC)(CCCO)OC. The summed E-state index contributed by atoms with van der Waals surface area (Å²) in [6.07, 6.45) is 3.85. The van der Waals surface area contributed by atoms with Crippen molar-refractivity contribution >= 4 is 14.3 Å². The van der Waals surface area contributed by atoms with Crippen LogP contribution in [0.3, 0.4) is 0 Å². The van der Waals surface area contributed by atoms with E-state index in [-0.39, 0.29) is 19.0 Å². The predicted molar refractivity (Wildman–Crippen MR) is 65.5 cm³/mol. The predicted octanol–water partition coefficient (Wildman–Crippen LogP) is 1.64. The first-order valence-electron chi connectivity index (χ1n) is 5.59. The zero-order chi connectivity index (χ0) is 12.4. The molecule has 1 atom stereocenters. The first-order chi connectivity index (χ1) is 7.64. The van der Waals surface area contributed by atoms with E-state index in [4.69, 9.17) is 14.0 Å². The van der Waals surface area contributed by atoms with E-state index in [1.165, 1.54) is 6.08 Å². The number of carbonyl (C=O) groups is 1. The van der Waals surface area contributed by atoms with Crippen molar-refractivity contribution in [2.24, 2.45) is 0 Å². The Bertz CT molecular complexity index is 224. The van der Waals surface area contributed by atoms with Crippen molar-refractivity contribution in [1.82, 2.24) is 0 Å². The van der Waals surface area contributed by atoms with E-state index in [2.05, 4.69) is 0 Å². The second kappa shape index (κ2) is 8.64. The number of allylic oxidation sites excluding steroid dienone is 1. The monoisotopic (exact) mass is 246 g/mol. The minimum Gasteiger partial charge on any atom is -0.398 e. The lowest BCUT2D eigenvalue weighted by Gasteiger charge is -2.27. The highest BCUT2D eigenvalue weighted by atomic mass is 28.4. The molecule has 0 bridgehead atoms. The smallest absolute Gasteiger partial charge is 0.338 e. The van der Waals surface area contributed by atoms with Gasteiger partial charge in [-0.3, -0.25) is 4.79 Å². The number of hydrogen-bond donors (Lipinski definition) is 1. The van der Waals surface area contributed by atoms with E-state index in [9.17, 15) is 4.79 Å². The van der Waals surface area contributed by atoms with Gasteiger partial charge < -0.3 is 14.0 Å². The highest BCUT2D eigenvalue weighted by molar-refractivity contribution is 6.67. The number of aliphatic hydroxyl groups excluding tert-OH is 1. The molecule has 94 valence electrons. The van der Waals surface area contributed by atoms with Gasteiger partial charge in [-0.1, -0.05) is 13.0 Å². The van der Waals surface area contributed by atoms with Crippen molar-refractivity contribution in [3.8, 4) is 0 Å². The first-order valence-corrected chi connectivity index (χ1v) is 7.82. The van der Waals surface area contributed by atoms with E-state index >= 15 is 0 Å². The van der Waals surface area contributed by atoms with Gasteiger partial charge >= 0.3 is 8.56 Å². The average molecular weight is 246 g/mol. The van der Waals surface area contributed by atoms with Gasteiger partial charge in [0.2, 0.25) is 0 Å². The quantitative estimate of drug-likeness (QED) is 0.496. The third-order valence-corrected chi connectivity index (χ3v) is 6.06. The van der Waals surface area contributed by atoms with Gasteiger partial charge in [0.05, 0.1) is 6.61 Å². The molecule has 0 aromatic rings. The summed E-state index contributed by atoms with van der Waals surface area (Å²) in [5, 5.41) is 8.82. The summed E-state index contributed by atoms with van der Waals surface area (Å²) < 4.78 is 11.1. The molecule has 0 spiro atoms. The highest BCUT2D eigenvalue weighted by Gasteiger charge is 2.34. The standard InChI is InChI=1S/C11H22O4Si/c1-4-7-11(13)10-15-16(5-2,14-3)9-6-8-12/h4,7,12H,5-6,8-10H2,1-3H3. The van der Waals surface area contributed by atoms with Crippen molar-refractivity contribution in [2.45, 2.75) is 32.4 Å². The van der Waals surface area contributed by atoms with Gasteiger partial charge in [0, 0.05) is 13.7 Å². The third-order valence-electron chi connectivity index (χ3n) is 2.46. The summed E-state index contributed by atoms with van der Waals surface area (Å²) in [4.78, 5) is 11.3. The molecule has 0 aliphatic carbocycles. The zero-order valence-corrected chi connectivity index (χ0v) is 11.4. The lowest BCUT2D eigenvalue weighted by atomic mass is 10.4. The van der Waals surface area contributed by atoms with Crippen LogP contribution in [0.4, 0.5) is 0 Å². The van der Waals surface area contributed by atoms with E-state index < -0.39 is 8.56 Å². The Morgan fingerprint density at radius 2 is 2.19 bits per heavy atom. The maximum absolute atomic E-state index is 11.3. The molecular formula is C11H22O4Si. The Morgan fingerprint density at radius 3 is 2.62 bits per heavy atom. The number of carbonyl (C=O) groups excluding carboxylic acids is 1. The van der Waals surface area contributed by atoms with Crippen LogP contribution in [0.1, 0.15) is 20.3 Å². The minimum absolute atomic E-state index is 0.0473. The maximum atomic E-state index is 11.3. The second-order valence-electron chi connectivity index (χ2n) is 3.55. The summed E-state index contributed by atoms with van der Waals surface area (Å²) in [5.74, 6) is -0.0473. The van der Waals surface area contributed by atoms with Gasteiger partial charge in [0.25, 0.3) is 0 Å². The molecule has 4 nitrogen and oxygen atoms in total. The van der Waals surface area contributed by atoms with Crippen LogP contribution in [0.5, 0.6) is 0 Å². The number of aliphatic hydroxyl groups is 1. The average Bonchev–Trinajstić information content (AvgIpc) is 2.31. The molecule has 0 saturated heterocycles. The molecule has 0 aliphatic heterocycles. The molecule has 0 rings (SSSR count). The number of rotatable bonds is 9. The summed E-state index contributed by atoms with van der Waals surface area (Å²) in [6, 6.07) is 1.51. The molecule has 1 unspecified atom stereocenters. The fraction of sp³-hybridized carbons (Fsp3) is 0.727. The molecule has 0 radical (unpaired) electrons. The van der Waals surface area contributed by atoms with Gasteiger partial charge in [0.1, 0.15) is 0 Å². The molecule has 0 aliphatic rings. The van der Waals surface area contributed by atoms with Crippen LogP contribution >= 0.6 is 0 Å². The Kier molecular flexibility index (Phi) is 8.37. The molecule has 0 fully saturated rings. The Labute approximate surface area is 98.5 Å². The molecule has 0 aromatic carbocycles. The van der Waals surface area contributed by atoms with Gasteiger partial charge in [-0.25, -0.2) is 0 Å². The van der Waals surface area contributed by atoms with Crippen LogP contribution in [0.15, 0.2) is 12.2 Å². The van der Waals surface area contributed by atoms with Crippen molar-refractivity contribution < 1.29 is 18.8 Å². The second-order valence-corrected chi connectivity index (χ2v) is 7.28. The Balaban J connectivity index is 4.25. The normalized spacial score (nSPS) is 15.2. The summed E-state index contributed by atoms with van der Waals surface area (Å²) >= 11 is 0. The van der Waals surface area contributed by atoms with E-state index in [0.717, 1.165) is 12.1 Å². The van der Waals surface area contributed by atoms with Crippen molar-refractivity contribution in [3.05, 3.63) is 12.2 Å². The fourth-order valence-corrected chi connectivity index (χ4v) is 3.86. The van der Waals surface area contributed by atoms with E-state index in [1.54, 1.807) is 20.1 Å². The Hall–Kier alpha value is -0.493. The molecule has 0 heterocycles. The number of ketones is 1. The van der Waals surface area contributed by atoms with Crippen LogP contribution in [0, 0.1) is 0 Å². The highest BCUT2D eigenvalue weighted by Crippen LogP contribution is 2.19. The molecule has 5 heteroatoms. The van der Waals surface area contributed by atoms with Crippen LogP contribution in [-0.4, -0.2) is 39.8 Å². The largest absolute Gasteiger partial charge is 0.398 e. The van der Waals surface area contributed by atoms with Crippen LogP contribution in [0.2, 0.25) is 12.1 Å². The molecule has 0 amide bonds. The van der Waals surface area contributed by atoms with Crippen LogP contribution in [0.25, 0.3) is 0 Å². The van der Waals surface area contributed by atoms with Gasteiger partial charge in [-0.15, -0.1) is 0 Å². The summed E-state index contributed by atoms with van der Waals surface area (Å²) in [6.45, 7) is 3.99. The van der Waals surface area contributed by atoms with Gasteiger partial charge in [-0.2, -0.15) is 0 Å². The van der Waals surface area contributed by atoms with Crippen LogP contribution in [-0.2, 0) is 13.6 Å². The van der Waals surface area contributed by atoms with Gasteiger partial charge in [-0.05, 0) is 31.5 Å². The summed E-state index contributed by atoms with van der Waals surface area (Å²) in [7, 11) is -0.653. The Morgan fingerprint density at radius 1 is 1.50 bits per heavy atom. The molecular weight excluding hydrogens is 224 g/mol. The maximum Gasteiger partial charge on any atom is 0.338 e. The number of hydrogen-bond acceptors (Lipinski definition) is 4. The lowest BCUT2D eigenvalue weighted by molar-refractivity contribution is -0.117.